The molecule has 0 aliphatic heterocycles. The molecule has 0 aliphatic carbocycles. The van der Waals surface area contributed by atoms with Crippen LogP contribution in [0.25, 0.3) is 17.5 Å². The van der Waals surface area contributed by atoms with Gasteiger partial charge in [0.2, 0.25) is 0 Å². The first-order valence-corrected chi connectivity index (χ1v) is 9.71. The lowest BCUT2D eigenvalue weighted by Crippen LogP contribution is -1.97. The first kappa shape index (κ1) is 21.3. The maximum atomic E-state index is 11.6. The maximum Gasteiger partial charge on any atom is 0.342 e. The predicted octanol–water partition coefficient (Wildman–Crippen LogP) is 5.63. The van der Waals surface area contributed by atoms with E-state index in [2.05, 4.69) is 10.2 Å². The van der Waals surface area contributed by atoms with Gasteiger partial charge in [-0.1, -0.05) is 34.8 Å². The number of hydrogen-bond donors (Lipinski definition) is 2. The number of benzene rings is 2. The van der Waals surface area contributed by atoms with E-state index in [0.29, 0.717) is 28.1 Å². The van der Waals surface area contributed by atoms with E-state index in [1.54, 1.807) is 18.2 Å². The summed E-state index contributed by atoms with van der Waals surface area (Å²) in [5.41, 5.74) is 0.586. The molecule has 2 aromatic carbocycles. The molecule has 0 atom stereocenters. The monoisotopic (exact) mass is 472 g/mol. The molecule has 0 radical (unpaired) electrons. The lowest BCUT2D eigenvalue weighted by molar-refractivity contribution is -0.131. The topological polar surface area (TPSA) is 106 Å². The normalized spacial score (nSPS) is 11.5. The maximum absolute atomic E-state index is 11.6. The van der Waals surface area contributed by atoms with Gasteiger partial charge >= 0.3 is 5.97 Å². The first-order valence-electron chi connectivity index (χ1n) is 7.76. The summed E-state index contributed by atoms with van der Waals surface area (Å²) < 4.78 is 10.8. The Kier molecular flexibility index (Phi) is 6.59. The van der Waals surface area contributed by atoms with Gasteiger partial charge in [0.25, 0.3) is 11.1 Å². The Morgan fingerprint density at radius 3 is 2.62 bits per heavy atom. The van der Waals surface area contributed by atoms with Crippen LogP contribution in [0.4, 0.5) is 0 Å². The molecule has 0 spiro atoms. The van der Waals surface area contributed by atoms with Crippen LogP contribution in [-0.2, 0) is 4.79 Å². The van der Waals surface area contributed by atoms with E-state index in [1.807, 2.05) is 0 Å². The zero-order valence-electron chi connectivity index (χ0n) is 14.5. The van der Waals surface area contributed by atoms with E-state index in [4.69, 9.17) is 44.0 Å². The number of thioether (sulfide) groups is 1. The van der Waals surface area contributed by atoms with Crippen LogP contribution in [0, 0.1) is 0 Å². The Morgan fingerprint density at radius 2 is 1.93 bits per heavy atom. The molecule has 0 fully saturated rings. The molecule has 0 unspecified atom stereocenters. The summed E-state index contributed by atoms with van der Waals surface area (Å²) in [6.45, 7) is 0. The number of aromatic nitrogens is 2. The van der Waals surface area contributed by atoms with Crippen LogP contribution in [0.15, 0.2) is 44.9 Å². The van der Waals surface area contributed by atoms with Crippen molar-refractivity contribution in [2.45, 2.75) is 5.22 Å². The Hall–Kier alpha value is -2.39. The number of rotatable bonds is 6. The molecule has 1 aromatic heterocycles. The molecular weight excluding hydrogens is 463 g/mol. The Balaban J connectivity index is 1.95. The third-order valence-corrected chi connectivity index (χ3v) is 5.14. The number of methoxy groups -OCH3 is 1. The van der Waals surface area contributed by atoms with Crippen molar-refractivity contribution in [2.24, 2.45) is 0 Å². The van der Waals surface area contributed by atoms with Crippen LogP contribution in [-0.4, -0.2) is 33.5 Å². The molecule has 0 bridgehead atoms. The highest BCUT2D eigenvalue weighted by atomic mass is 35.5. The summed E-state index contributed by atoms with van der Waals surface area (Å²) in [6, 6.07) is 7.59. The van der Waals surface area contributed by atoms with Crippen molar-refractivity contribution in [1.82, 2.24) is 10.2 Å². The van der Waals surface area contributed by atoms with Crippen molar-refractivity contribution >= 4 is 58.6 Å². The van der Waals surface area contributed by atoms with Crippen LogP contribution in [0.1, 0.15) is 5.56 Å². The zero-order valence-corrected chi connectivity index (χ0v) is 17.6. The quantitative estimate of drug-likeness (QED) is 0.350. The summed E-state index contributed by atoms with van der Waals surface area (Å²) in [4.78, 5) is 11.4. The molecular formula is C18H11Cl3N2O5S. The molecule has 150 valence electrons. The zero-order chi connectivity index (χ0) is 21.1. The number of aromatic hydroxyl groups is 1. The van der Waals surface area contributed by atoms with Gasteiger partial charge in [-0.15, -0.1) is 10.2 Å². The molecule has 7 nitrogen and oxygen atoms in total. The van der Waals surface area contributed by atoms with E-state index in [-0.39, 0.29) is 37.4 Å². The highest BCUT2D eigenvalue weighted by Crippen LogP contribution is 2.37. The lowest BCUT2D eigenvalue weighted by Gasteiger charge is -2.05. The van der Waals surface area contributed by atoms with Crippen molar-refractivity contribution in [3.63, 3.8) is 0 Å². The Labute approximate surface area is 183 Å². The number of carbonyl (C=O) groups is 1. The minimum atomic E-state index is -1.27. The standard InChI is InChI=1S/C18H11Cl3N2O5S/c1-27-13-3-2-9(19)6-11(13)16-22-23-18(28-16)29-14(17(25)26)5-8-4-10(20)7-12(21)15(8)24/h2-7,24H,1H3,(H,25,26)/b14-5-. The first-order chi connectivity index (χ1) is 13.8. The van der Waals surface area contributed by atoms with Crippen molar-refractivity contribution in [3.05, 3.63) is 55.9 Å². The fourth-order valence-electron chi connectivity index (χ4n) is 2.27. The number of carboxylic acids is 1. The number of hydrogen-bond acceptors (Lipinski definition) is 7. The lowest BCUT2D eigenvalue weighted by atomic mass is 10.2. The van der Waals surface area contributed by atoms with Gasteiger partial charge in [-0.3, -0.25) is 0 Å². The van der Waals surface area contributed by atoms with Gasteiger partial charge in [-0.25, -0.2) is 4.79 Å². The molecule has 0 saturated heterocycles. The number of carboxylic acid groups (broad SMARTS) is 1. The summed E-state index contributed by atoms with van der Waals surface area (Å²) >= 11 is 18.5. The van der Waals surface area contributed by atoms with Crippen LogP contribution < -0.4 is 4.74 Å². The van der Waals surface area contributed by atoms with Crippen molar-refractivity contribution in [3.8, 4) is 23.0 Å². The third-order valence-electron chi connectivity index (χ3n) is 3.55. The molecule has 0 aliphatic rings. The van der Waals surface area contributed by atoms with Crippen LogP contribution in [0.5, 0.6) is 11.5 Å². The van der Waals surface area contributed by atoms with Gasteiger partial charge in [0.15, 0.2) is 0 Å². The molecule has 1 heterocycles. The van der Waals surface area contributed by atoms with Gasteiger partial charge in [0.1, 0.15) is 16.4 Å². The number of phenols is 1. The van der Waals surface area contributed by atoms with E-state index >= 15 is 0 Å². The van der Waals surface area contributed by atoms with Crippen molar-refractivity contribution < 1.29 is 24.2 Å². The van der Waals surface area contributed by atoms with Gasteiger partial charge in [-0.2, -0.15) is 0 Å². The van der Waals surface area contributed by atoms with Crippen LogP contribution in [0.2, 0.25) is 15.1 Å². The summed E-state index contributed by atoms with van der Waals surface area (Å²) in [5, 5.41) is 27.9. The van der Waals surface area contributed by atoms with Gasteiger partial charge < -0.3 is 19.4 Å². The second-order valence-corrected chi connectivity index (χ2v) is 7.73. The van der Waals surface area contributed by atoms with E-state index in [1.165, 1.54) is 25.3 Å². The van der Waals surface area contributed by atoms with Gasteiger partial charge in [-0.05, 0) is 48.2 Å². The third kappa shape index (κ3) is 4.97. The number of aliphatic carboxylic acids is 1. The van der Waals surface area contributed by atoms with Crippen LogP contribution >= 0.6 is 46.6 Å². The predicted molar refractivity (Wildman–Crippen MR) is 111 cm³/mol. The summed E-state index contributed by atoms with van der Waals surface area (Å²) in [7, 11) is 1.48. The molecule has 2 N–H and O–H groups in total. The number of phenolic OH excluding ortho intramolecular Hbond substituents is 1. The second-order valence-electron chi connectivity index (χ2n) is 5.46. The molecule has 0 saturated carbocycles. The minimum Gasteiger partial charge on any atom is -0.506 e. The highest BCUT2D eigenvalue weighted by Gasteiger charge is 2.19. The molecule has 29 heavy (non-hydrogen) atoms. The summed E-state index contributed by atoms with van der Waals surface area (Å²) in [5.74, 6) is -1.01. The SMILES string of the molecule is COc1ccc(Cl)cc1-c1nnc(S/C(=C\c2cc(Cl)cc(Cl)c2O)C(=O)O)o1. The molecule has 0 amide bonds. The largest absolute Gasteiger partial charge is 0.506 e. The number of ether oxygens (including phenoxy) is 1. The van der Waals surface area contributed by atoms with E-state index in [9.17, 15) is 15.0 Å². The van der Waals surface area contributed by atoms with Crippen molar-refractivity contribution in [2.75, 3.05) is 7.11 Å². The smallest absolute Gasteiger partial charge is 0.342 e. The second kappa shape index (κ2) is 8.96. The highest BCUT2D eigenvalue weighted by molar-refractivity contribution is 8.03. The number of nitrogens with zero attached hydrogens (tertiary/aromatic N) is 2. The van der Waals surface area contributed by atoms with Crippen molar-refractivity contribution in [1.29, 1.82) is 0 Å². The Morgan fingerprint density at radius 1 is 1.17 bits per heavy atom. The minimum absolute atomic E-state index is 0.00776. The molecule has 11 heteroatoms. The van der Waals surface area contributed by atoms with E-state index < -0.39 is 5.97 Å². The Bertz CT molecular complexity index is 1120. The molecule has 3 aromatic rings. The van der Waals surface area contributed by atoms with Gasteiger partial charge in [0.05, 0.1) is 17.7 Å². The fraction of sp³-hybridized carbons (Fsp3) is 0.0556. The van der Waals surface area contributed by atoms with E-state index in [0.717, 1.165) is 0 Å². The average molecular weight is 474 g/mol. The molecule has 3 rings (SSSR count). The van der Waals surface area contributed by atoms with Crippen LogP contribution in [0.3, 0.4) is 0 Å². The summed E-state index contributed by atoms with van der Waals surface area (Å²) in [6.07, 6.45) is 1.20. The average Bonchev–Trinajstić information content (AvgIpc) is 3.13. The van der Waals surface area contributed by atoms with Gasteiger partial charge in [0, 0.05) is 15.6 Å². The fourth-order valence-corrected chi connectivity index (χ4v) is 3.62. The number of halogens is 3.